The van der Waals surface area contributed by atoms with Crippen LogP contribution in [0.5, 0.6) is 11.5 Å². The molecule has 1 aliphatic heterocycles. The van der Waals surface area contributed by atoms with Gasteiger partial charge in [-0.2, -0.15) is 0 Å². The first kappa shape index (κ1) is 23.1. The number of piperidine rings is 1. The number of rotatable bonds is 8. The van der Waals surface area contributed by atoms with Crippen molar-refractivity contribution < 1.29 is 19.0 Å². The Balaban J connectivity index is 1.59. The average molecular weight is 471 g/mol. The lowest BCUT2D eigenvalue weighted by atomic mass is 10.1. The van der Waals surface area contributed by atoms with Crippen molar-refractivity contribution in [3.63, 3.8) is 0 Å². The molecule has 1 fully saturated rings. The molecular formula is C24H27ClN4O4. The molecule has 1 aromatic heterocycles. The lowest BCUT2D eigenvalue weighted by Crippen LogP contribution is -2.39. The number of hydrogen-bond donors (Lipinski definition) is 1. The highest BCUT2D eigenvalue weighted by atomic mass is 35.5. The van der Waals surface area contributed by atoms with Crippen molar-refractivity contribution in [2.45, 2.75) is 32.8 Å². The number of benzene rings is 2. The van der Waals surface area contributed by atoms with Crippen molar-refractivity contribution in [2.75, 3.05) is 32.2 Å². The van der Waals surface area contributed by atoms with Crippen molar-refractivity contribution in [2.24, 2.45) is 0 Å². The Hall–Kier alpha value is -3.10. The molecule has 0 radical (unpaired) electrons. The fourth-order valence-corrected chi connectivity index (χ4v) is 4.14. The summed E-state index contributed by atoms with van der Waals surface area (Å²) in [7, 11) is 1.62. The molecule has 0 amide bonds. The van der Waals surface area contributed by atoms with E-state index in [1.54, 1.807) is 7.11 Å². The molecule has 2 heterocycles. The number of aryl methyl sites for hydroxylation is 1. The lowest BCUT2D eigenvalue weighted by molar-refractivity contribution is -0.133. The molecular weight excluding hydrogens is 444 g/mol. The van der Waals surface area contributed by atoms with E-state index in [0.717, 1.165) is 58.7 Å². The number of likely N-dealkylation sites (tertiary alicyclic amines) is 1. The van der Waals surface area contributed by atoms with Gasteiger partial charge in [-0.15, -0.1) is 0 Å². The van der Waals surface area contributed by atoms with E-state index < -0.39 is 0 Å². The van der Waals surface area contributed by atoms with Crippen LogP contribution in [0.25, 0.3) is 10.9 Å². The highest BCUT2D eigenvalue weighted by molar-refractivity contribution is 6.32. The van der Waals surface area contributed by atoms with Crippen LogP contribution in [0.15, 0.2) is 30.6 Å². The quantitative estimate of drug-likeness (QED) is 0.477. The first-order valence-electron chi connectivity index (χ1n) is 10.8. The summed E-state index contributed by atoms with van der Waals surface area (Å²) < 4.78 is 16.8. The van der Waals surface area contributed by atoms with Crippen LogP contribution in [0.4, 0.5) is 11.5 Å². The minimum Gasteiger partial charge on any atom is -0.493 e. The summed E-state index contributed by atoms with van der Waals surface area (Å²) in [6.45, 7) is 6.32. The van der Waals surface area contributed by atoms with Crippen LogP contribution in [0.2, 0.25) is 5.02 Å². The summed E-state index contributed by atoms with van der Waals surface area (Å²) in [6, 6.07) is 7.75. The molecule has 1 N–H and O–H groups in total. The van der Waals surface area contributed by atoms with Gasteiger partial charge in [0.1, 0.15) is 25.0 Å². The zero-order chi connectivity index (χ0) is 23.4. The molecule has 0 spiro atoms. The van der Waals surface area contributed by atoms with Crippen LogP contribution in [0.3, 0.4) is 0 Å². The largest absolute Gasteiger partial charge is 0.493 e. The van der Waals surface area contributed by atoms with Gasteiger partial charge in [0.15, 0.2) is 11.5 Å². The van der Waals surface area contributed by atoms with Gasteiger partial charge in [0, 0.05) is 35.3 Å². The van der Waals surface area contributed by atoms with Crippen molar-refractivity contribution in [3.05, 3.63) is 46.7 Å². The maximum absolute atomic E-state index is 10.4. The smallest absolute Gasteiger partial charge is 0.294 e. The molecule has 2 aromatic carbocycles. The number of carbonyl (C=O) groups is 1. The number of nitrogens with one attached hydrogen (secondary N) is 1. The van der Waals surface area contributed by atoms with Gasteiger partial charge in [0.25, 0.3) is 6.47 Å². The molecule has 0 bridgehead atoms. The molecule has 0 saturated carbocycles. The Kier molecular flexibility index (Phi) is 7.15. The molecule has 0 atom stereocenters. The summed E-state index contributed by atoms with van der Waals surface area (Å²) in [5, 5.41) is 4.95. The number of carbonyl (C=O) groups excluding carboxylic acids is 1. The third-order valence-electron chi connectivity index (χ3n) is 5.91. The normalized spacial score (nSPS) is 14.8. The topological polar surface area (TPSA) is 85.8 Å². The predicted octanol–water partition coefficient (Wildman–Crippen LogP) is 4.63. The zero-order valence-corrected chi connectivity index (χ0v) is 19.7. The summed E-state index contributed by atoms with van der Waals surface area (Å²) in [5.74, 6) is 1.92. The summed E-state index contributed by atoms with van der Waals surface area (Å²) in [4.78, 5) is 21.4. The maximum atomic E-state index is 10.4. The lowest BCUT2D eigenvalue weighted by Gasteiger charge is -2.31. The minimum atomic E-state index is 0.0306. The minimum absolute atomic E-state index is 0.0306. The van der Waals surface area contributed by atoms with Crippen LogP contribution in [0, 0.1) is 13.8 Å². The van der Waals surface area contributed by atoms with Crippen LogP contribution in [-0.4, -0.2) is 54.4 Å². The maximum Gasteiger partial charge on any atom is 0.294 e. The van der Waals surface area contributed by atoms with Crippen molar-refractivity contribution in [1.29, 1.82) is 0 Å². The van der Waals surface area contributed by atoms with E-state index in [9.17, 15) is 4.79 Å². The molecule has 0 unspecified atom stereocenters. The van der Waals surface area contributed by atoms with Crippen molar-refractivity contribution >= 4 is 40.5 Å². The number of hydrogen-bond acceptors (Lipinski definition) is 8. The van der Waals surface area contributed by atoms with Gasteiger partial charge in [-0.25, -0.2) is 9.97 Å². The van der Waals surface area contributed by atoms with E-state index in [1.165, 1.54) is 6.33 Å². The van der Waals surface area contributed by atoms with E-state index in [4.69, 9.17) is 25.8 Å². The van der Waals surface area contributed by atoms with Crippen molar-refractivity contribution in [1.82, 2.24) is 14.9 Å². The number of fused-ring (bicyclic) bond motifs is 1. The molecule has 174 valence electrons. The van der Waals surface area contributed by atoms with Crippen LogP contribution in [0.1, 0.15) is 24.0 Å². The van der Waals surface area contributed by atoms with Crippen molar-refractivity contribution in [3.8, 4) is 11.5 Å². The first-order valence-corrected chi connectivity index (χ1v) is 11.2. The number of aromatic nitrogens is 2. The Bertz CT molecular complexity index is 1150. The van der Waals surface area contributed by atoms with Crippen LogP contribution >= 0.6 is 11.6 Å². The van der Waals surface area contributed by atoms with E-state index in [1.807, 2.05) is 38.1 Å². The molecule has 9 heteroatoms. The molecule has 1 saturated heterocycles. The second-order valence-electron chi connectivity index (χ2n) is 8.06. The Labute approximate surface area is 197 Å². The Morgan fingerprint density at radius 2 is 1.97 bits per heavy atom. The first-order chi connectivity index (χ1) is 16.0. The third-order valence-corrected chi connectivity index (χ3v) is 6.49. The summed E-state index contributed by atoms with van der Waals surface area (Å²) in [6.07, 6.45) is 3.19. The van der Waals surface area contributed by atoms with E-state index >= 15 is 0 Å². The monoisotopic (exact) mass is 470 g/mol. The van der Waals surface area contributed by atoms with E-state index in [2.05, 4.69) is 20.2 Å². The number of methoxy groups -OCH3 is 1. The summed E-state index contributed by atoms with van der Waals surface area (Å²) >= 11 is 6.44. The average Bonchev–Trinajstić information content (AvgIpc) is 2.84. The van der Waals surface area contributed by atoms with Gasteiger partial charge < -0.3 is 19.5 Å². The SMILES string of the molecule is COc1cc2ncnc(Nc3ccc(C)c(Cl)c3C)c2cc1OC1CCN(COC=O)CC1. The van der Waals surface area contributed by atoms with Gasteiger partial charge in [0.2, 0.25) is 0 Å². The van der Waals surface area contributed by atoms with Gasteiger partial charge >= 0.3 is 0 Å². The second-order valence-corrected chi connectivity index (χ2v) is 8.44. The highest BCUT2D eigenvalue weighted by Crippen LogP contribution is 2.37. The Morgan fingerprint density at radius 1 is 1.18 bits per heavy atom. The number of ether oxygens (including phenoxy) is 3. The van der Waals surface area contributed by atoms with Gasteiger partial charge in [0.05, 0.1) is 12.6 Å². The molecule has 4 rings (SSSR count). The van der Waals surface area contributed by atoms with E-state index in [-0.39, 0.29) is 6.10 Å². The van der Waals surface area contributed by atoms with Crippen LogP contribution in [-0.2, 0) is 9.53 Å². The highest BCUT2D eigenvalue weighted by Gasteiger charge is 2.23. The van der Waals surface area contributed by atoms with Crippen LogP contribution < -0.4 is 14.8 Å². The molecule has 33 heavy (non-hydrogen) atoms. The number of nitrogens with zero attached hydrogens (tertiary/aromatic N) is 3. The Morgan fingerprint density at radius 3 is 2.70 bits per heavy atom. The summed E-state index contributed by atoms with van der Waals surface area (Å²) in [5.41, 5.74) is 3.61. The molecule has 0 aliphatic carbocycles. The predicted molar refractivity (Wildman–Crippen MR) is 128 cm³/mol. The molecule has 3 aromatic rings. The van der Waals surface area contributed by atoms with Gasteiger partial charge in [-0.3, -0.25) is 9.69 Å². The standard InChI is InChI=1S/C24H27ClN4O4/c1-15-4-5-19(16(2)23(15)25)28-24-18-10-22(21(31-3)11-20(18)26-12-27-24)33-17-6-8-29(9-7-17)13-32-14-30/h4-5,10-12,14,17H,6-9,13H2,1-3H3,(H,26,27,28). The van der Waals surface area contributed by atoms with Gasteiger partial charge in [-0.1, -0.05) is 17.7 Å². The van der Waals surface area contributed by atoms with Gasteiger partial charge in [-0.05, 0) is 49.9 Å². The number of halogens is 1. The van der Waals surface area contributed by atoms with E-state index in [0.29, 0.717) is 30.5 Å². The fourth-order valence-electron chi connectivity index (χ4n) is 3.97. The second kappa shape index (κ2) is 10.2. The molecule has 1 aliphatic rings. The fraction of sp³-hybridized carbons (Fsp3) is 0.375. The third kappa shape index (κ3) is 5.12. The number of anilines is 2. The molecule has 8 nitrogen and oxygen atoms in total. The zero-order valence-electron chi connectivity index (χ0n) is 18.9.